The largest absolute Gasteiger partial charge is 0.466 e. The summed E-state index contributed by atoms with van der Waals surface area (Å²) >= 11 is 0. The fourth-order valence-electron chi connectivity index (χ4n) is 2.69. The van der Waals surface area contributed by atoms with Crippen LogP contribution in [0.25, 0.3) is 0 Å². The van der Waals surface area contributed by atoms with Crippen LogP contribution in [0.5, 0.6) is 0 Å². The van der Waals surface area contributed by atoms with Crippen LogP contribution in [0.2, 0.25) is 0 Å². The van der Waals surface area contributed by atoms with Crippen molar-refractivity contribution in [3.63, 3.8) is 0 Å². The first-order valence-corrected chi connectivity index (χ1v) is 6.07. The number of hydrogen-bond acceptors (Lipinski definition) is 3. The highest BCUT2D eigenvalue weighted by molar-refractivity contribution is 5.74. The van der Waals surface area contributed by atoms with Gasteiger partial charge in [-0.15, -0.1) is 0 Å². The van der Waals surface area contributed by atoms with E-state index < -0.39 is 0 Å². The van der Waals surface area contributed by atoms with Crippen molar-refractivity contribution in [2.75, 3.05) is 19.7 Å². The smallest absolute Gasteiger partial charge is 0.310 e. The summed E-state index contributed by atoms with van der Waals surface area (Å²) in [6, 6.07) is 0. The summed E-state index contributed by atoms with van der Waals surface area (Å²) in [6.07, 6.45) is 3.29. The van der Waals surface area contributed by atoms with Gasteiger partial charge < -0.3 is 10.1 Å². The molecule has 1 heterocycles. The third kappa shape index (κ3) is 2.51. The molecule has 0 amide bonds. The van der Waals surface area contributed by atoms with E-state index in [9.17, 15) is 4.79 Å². The van der Waals surface area contributed by atoms with Gasteiger partial charge in [0, 0.05) is 13.1 Å². The van der Waals surface area contributed by atoms with E-state index in [0.29, 0.717) is 6.61 Å². The minimum atomic E-state index is -0.0159. The molecule has 1 aliphatic heterocycles. The number of esters is 1. The second-order valence-electron chi connectivity index (χ2n) is 4.40. The number of nitrogens with one attached hydrogen (secondary N) is 1. The highest BCUT2D eigenvalue weighted by Crippen LogP contribution is 2.40. The van der Waals surface area contributed by atoms with E-state index in [2.05, 4.69) is 19.2 Å². The van der Waals surface area contributed by atoms with Crippen molar-refractivity contribution in [3.8, 4) is 0 Å². The standard InChI is InChI=1S/C12H23NO2/c1-4-7-12(5-2)9-13-8-10(12)11(14)15-6-3/h10,13H,4-9H2,1-3H3. The maximum atomic E-state index is 11.8. The average molecular weight is 213 g/mol. The van der Waals surface area contributed by atoms with Gasteiger partial charge in [-0.25, -0.2) is 0 Å². The molecule has 3 nitrogen and oxygen atoms in total. The molecule has 1 N–H and O–H groups in total. The average Bonchev–Trinajstić information content (AvgIpc) is 2.63. The van der Waals surface area contributed by atoms with Gasteiger partial charge >= 0.3 is 5.97 Å². The van der Waals surface area contributed by atoms with Gasteiger partial charge in [0.15, 0.2) is 0 Å². The first kappa shape index (κ1) is 12.5. The van der Waals surface area contributed by atoms with Crippen LogP contribution in [-0.4, -0.2) is 25.7 Å². The molecular formula is C12H23NO2. The first-order chi connectivity index (χ1) is 7.20. The number of ether oxygens (including phenoxy) is 1. The summed E-state index contributed by atoms with van der Waals surface area (Å²) < 4.78 is 5.15. The highest BCUT2D eigenvalue weighted by Gasteiger charge is 2.45. The van der Waals surface area contributed by atoms with Crippen molar-refractivity contribution in [2.24, 2.45) is 11.3 Å². The molecule has 0 bridgehead atoms. The Morgan fingerprint density at radius 1 is 1.47 bits per heavy atom. The number of rotatable bonds is 5. The topological polar surface area (TPSA) is 38.3 Å². The number of carbonyl (C=O) groups is 1. The summed E-state index contributed by atoms with van der Waals surface area (Å²) in [5.41, 5.74) is 0.140. The third-order valence-corrected chi connectivity index (χ3v) is 3.59. The maximum absolute atomic E-state index is 11.8. The minimum absolute atomic E-state index is 0.0159. The van der Waals surface area contributed by atoms with E-state index in [1.54, 1.807) is 0 Å². The monoisotopic (exact) mass is 213 g/mol. The zero-order valence-corrected chi connectivity index (χ0v) is 10.1. The zero-order chi connectivity index (χ0) is 11.3. The molecule has 1 saturated heterocycles. The van der Waals surface area contributed by atoms with Gasteiger partial charge in [0.1, 0.15) is 0 Å². The molecule has 1 aliphatic rings. The van der Waals surface area contributed by atoms with Gasteiger partial charge in [0.05, 0.1) is 12.5 Å². The molecular weight excluding hydrogens is 190 g/mol. The predicted molar refractivity (Wildman–Crippen MR) is 60.6 cm³/mol. The van der Waals surface area contributed by atoms with Crippen LogP contribution in [0, 0.1) is 11.3 Å². The van der Waals surface area contributed by atoms with Crippen LogP contribution in [0.15, 0.2) is 0 Å². The molecule has 0 aromatic rings. The van der Waals surface area contributed by atoms with E-state index in [1.807, 2.05) is 6.92 Å². The molecule has 0 spiro atoms. The van der Waals surface area contributed by atoms with E-state index in [-0.39, 0.29) is 17.3 Å². The van der Waals surface area contributed by atoms with Gasteiger partial charge in [0.2, 0.25) is 0 Å². The first-order valence-electron chi connectivity index (χ1n) is 6.07. The van der Waals surface area contributed by atoms with E-state index in [1.165, 1.54) is 0 Å². The number of hydrogen-bond donors (Lipinski definition) is 1. The molecule has 1 fully saturated rings. The molecule has 2 atom stereocenters. The Labute approximate surface area is 92.6 Å². The fourth-order valence-corrected chi connectivity index (χ4v) is 2.69. The van der Waals surface area contributed by atoms with Crippen molar-refractivity contribution < 1.29 is 9.53 Å². The van der Waals surface area contributed by atoms with Crippen molar-refractivity contribution in [2.45, 2.75) is 40.0 Å². The van der Waals surface area contributed by atoms with Gasteiger partial charge in [-0.2, -0.15) is 0 Å². The Morgan fingerprint density at radius 3 is 2.73 bits per heavy atom. The van der Waals surface area contributed by atoms with Crippen LogP contribution >= 0.6 is 0 Å². The predicted octanol–water partition coefficient (Wildman–Crippen LogP) is 1.97. The van der Waals surface area contributed by atoms with Gasteiger partial charge in [0.25, 0.3) is 0 Å². The Kier molecular flexibility index (Phi) is 4.58. The Hall–Kier alpha value is -0.570. The highest BCUT2D eigenvalue weighted by atomic mass is 16.5. The molecule has 0 aromatic heterocycles. The Bertz CT molecular complexity index is 218. The molecule has 0 aliphatic carbocycles. The SMILES string of the molecule is CCCC1(CC)CNCC1C(=O)OCC. The summed E-state index contributed by atoms with van der Waals surface area (Å²) in [5, 5.41) is 3.34. The second-order valence-corrected chi connectivity index (χ2v) is 4.40. The quantitative estimate of drug-likeness (QED) is 0.710. The van der Waals surface area contributed by atoms with Crippen molar-refractivity contribution in [1.82, 2.24) is 5.32 Å². The van der Waals surface area contributed by atoms with Gasteiger partial charge in [-0.05, 0) is 25.2 Å². The Morgan fingerprint density at radius 2 is 2.20 bits per heavy atom. The van der Waals surface area contributed by atoms with Crippen LogP contribution in [-0.2, 0) is 9.53 Å². The van der Waals surface area contributed by atoms with Crippen molar-refractivity contribution >= 4 is 5.97 Å². The van der Waals surface area contributed by atoms with E-state index in [4.69, 9.17) is 4.74 Å². The van der Waals surface area contributed by atoms with Crippen LogP contribution < -0.4 is 5.32 Å². The minimum Gasteiger partial charge on any atom is -0.466 e. The van der Waals surface area contributed by atoms with Crippen molar-refractivity contribution in [3.05, 3.63) is 0 Å². The molecule has 0 aromatic carbocycles. The Balaban J connectivity index is 2.72. The van der Waals surface area contributed by atoms with E-state index in [0.717, 1.165) is 32.4 Å². The maximum Gasteiger partial charge on any atom is 0.310 e. The van der Waals surface area contributed by atoms with Crippen LogP contribution in [0.3, 0.4) is 0 Å². The molecule has 0 saturated carbocycles. The lowest BCUT2D eigenvalue weighted by Gasteiger charge is -2.31. The van der Waals surface area contributed by atoms with Crippen molar-refractivity contribution in [1.29, 1.82) is 0 Å². The summed E-state index contributed by atoms with van der Waals surface area (Å²) in [6.45, 7) is 8.45. The molecule has 0 radical (unpaired) electrons. The molecule has 15 heavy (non-hydrogen) atoms. The fraction of sp³-hybridized carbons (Fsp3) is 0.917. The third-order valence-electron chi connectivity index (χ3n) is 3.59. The summed E-state index contributed by atoms with van der Waals surface area (Å²) in [7, 11) is 0. The van der Waals surface area contributed by atoms with Crippen LogP contribution in [0.1, 0.15) is 40.0 Å². The zero-order valence-electron chi connectivity index (χ0n) is 10.1. The lowest BCUT2D eigenvalue weighted by Crippen LogP contribution is -2.35. The number of carbonyl (C=O) groups excluding carboxylic acids is 1. The van der Waals surface area contributed by atoms with E-state index >= 15 is 0 Å². The lowest BCUT2D eigenvalue weighted by molar-refractivity contribution is -0.151. The lowest BCUT2D eigenvalue weighted by atomic mass is 9.72. The molecule has 2 unspecified atom stereocenters. The normalized spacial score (nSPS) is 30.5. The molecule has 88 valence electrons. The summed E-state index contributed by atoms with van der Waals surface area (Å²) in [4.78, 5) is 11.8. The molecule has 1 rings (SSSR count). The summed E-state index contributed by atoms with van der Waals surface area (Å²) in [5.74, 6) is 0.0419. The second kappa shape index (κ2) is 5.50. The molecule has 3 heteroatoms. The van der Waals surface area contributed by atoms with Gasteiger partial charge in [-0.1, -0.05) is 20.3 Å². The van der Waals surface area contributed by atoms with Crippen LogP contribution in [0.4, 0.5) is 0 Å². The van der Waals surface area contributed by atoms with Gasteiger partial charge in [-0.3, -0.25) is 4.79 Å².